The highest BCUT2D eigenvalue weighted by molar-refractivity contribution is 4.71. The Morgan fingerprint density at radius 2 is 2.10 bits per heavy atom. The lowest BCUT2D eigenvalue weighted by atomic mass is 10.1. The van der Waals surface area contributed by atoms with Crippen molar-refractivity contribution >= 4 is 0 Å². The van der Waals surface area contributed by atoms with Gasteiger partial charge in [-0.05, 0) is 46.4 Å². The third-order valence-electron chi connectivity index (χ3n) is 2.28. The molecule has 0 spiro atoms. The topological polar surface area (TPSA) is 15.3 Å². The third-order valence-corrected chi connectivity index (χ3v) is 2.28. The van der Waals surface area contributed by atoms with E-state index in [1.807, 2.05) is 0 Å². The number of hydrogen-bond acceptors (Lipinski definition) is 2. The second kappa shape index (κ2) is 3.94. The van der Waals surface area contributed by atoms with Crippen molar-refractivity contribution in [2.24, 2.45) is 0 Å². The van der Waals surface area contributed by atoms with Crippen LogP contribution in [-0.2, 0) is 0 Å². The van der Waals surface area contributed by atoms with E-state index in [1.54, 1.807) is 0 Å². The fourth-order valence-corrected chi connectivity index (χ4v) is 1.52. The van der Waals surface area contributed by atoms with Crippen molar-refractivity contribution in [1.82, 2.24) is 10.2 Å². The van der Waals surface area contributed by atoms with Gasteiger partial charge in [-0.3, -0.25) is 0 Å². The average Bonchev–Trinajstić information content (AvgIpc) is 2.12. The lowest BCUT2D eigenvalue weighted by molar-refractivity contribution is 0.272. The molecule has 1 rings (SSSR count). The van der Waals surface area contributed by atoms with Gasteiger partial charge in [-0.25, -0.2) is 0 Å². The maximum absolute atomic E-state index is 3.41. The number of nitrogens with one attached hydrogen (secondary N) is 1. The first-order chi connectivity index (χ1) is 4.80. The predicted octanol–water partition coefficient (Wildman–Crippen LogP) is 0.936. The summed E-state index contributed by atoms with van der Waals surface area (Å²) < 4.78 is 0. The van der Waals surface area contributed by atoms with Crippen molar-refractivity contribution in [3.8, 4) is 0 Å². The average molecular weight is 144 g/mol. The Kier molecular flexibility index (Phi) is 3.16. The molecule has 10 heavy (non-hydrogen) atoms. The molecule has 1 aliphatic rings. The fraction of sp³-hybridized carbons (Fsp3) is 1.00. The summed E-state index contributed by atoms with van der Waals surface area (Å²) in [5.41, 5.74) is 0. The van der Waals surface area contributed by atoms with E-state index in [2.05, 4.69) is 24.3 Å². The molecule has 62 valence electrons. The van der Waals surface area contributed by atoms with Crippen molar-refractivity contribution in [1.29, 1.82) is 0 Å². The van der Waals surface area contributed by atoms with Crippen LogP contribution in [0.4, 0.5) is 0 Å². The lowest BCUT2D eigenvalue weighted by Gasteiger charge is -2.21. The highest BCUT2D eigenvalue weighted by Gasteiger charge is 2.12. The van der Waals surface area contributed by atoms with Gasteiger partial charge in [-0.2, -0.15) is 0 Å². The van der Waals surface area contributed by atoms with Crippen molar-refractivity contribution in [2.45, 2.75) is 25.3 Å². The molecule has 0 saturated carbocycles. The van der Waals surface area contributed by atoms with Gasteiger partial charge in [0, 0.05) is 7.47 Å². The molecule has 2 heteroatoms. The smallest absolute Gasteiger partial charge is 0.0102 e. The highest BCUT2D eigenvalue weighted by Crippen LogP contribution is 2.09. The van der Waals surface area contributed by atoms with Gasteiger partial charge in [0.25, 0.3) is 0 Å². The number of nitrogens with zero attached hydrogens (tertiary/aromatic N) is 1. The van der Waals surface area contributed by atoms with Gasteiger partial charge in [-0.15, -0.1) is 0 Å². The molecule has 1 atom stereocenters. The maximum Gasteiger partial charge on any atom is 0.0102 e. The van der Waals surface area contributed by atoms with Gasteiger partial charge in [0.1, 0.15) is 0 Å². The molecule has 0 aromatic rings. The molecule has 0 aromatic heterocycles. The summed E-state index contributed by atoms with van der Waals surface area (Å²) in [5.74, 6) is 0. The van der Waals surface area contributed by atoms with Crippen LogP contribution >= 0.6 is 0 Å². The largest absolute Gasteiger partial charge is 0.317 e. The molecule has 1 N–H and O–H groups in total. The summed E-state index contributed by atoms with van der Waals surface area (Å²) in [4.78, 5) is 2.34. The molecular weight excluding hydrogens is 124 g/mol. The molecule has 1 aliphatic heterocycles. The van der Waals surface area contributed by atoms with Crippen LogP contribution in [0.15, 0.2) is 0 Å². The van der Waals surface area contributed by atoms with Crippen LogP contribution < -0.4 is 5.32 Å². The highest BCUT2D eigenvalue weighted by atomic mass is 15.1. The van der Waals surface area contributed by atoms with Gasteiger partial charge in [0.15, 0.2) is 0 Å². The van der Waals surface area contributed by atoms with E-state index in [-0.39, 0.29) is 1.43 Å². The zero-order chi connectivity index (χ0) is 7.40. The molecular formula is C8H20N2. The van der Waals surface area contributed by atoms with E-state index < -0.39 is 0 Å². The Labute approximate surface area is 65.1 Å². The first-order valence-electron chi connectivity index (χ1n) is 4.18. The monoisotopic (exact) mass is 144 g/mol. The van der Waals surface area contributed by atoms with Crippen LogP contribution in [0, 0.1) is 0 Å². The summed E-state index contributed by atoms with van der Waals surface area (Å²) >= 11 is 0. The minimum absolute atomic E-state index is 0. The zero-order valence-electron chi connectivity index (χ0n) is 7.06. The third kappa shape index (κ3) is 2.27. The van der Waals surface area contributed by atoms with Crippen LogP contribution in [-0.4, -0.2) is 38.1 Å². The summed E-state index contributed by atoms with van der Waals surface area (Å²) in [6.45, 7) is 2.41. The van der Waals surface area contributed by atoms with Crippen LogP contribution in [0.25, 0.3) is 0 Å². The predicted molar refractivity (Wildman–Crippen MR) is 46.3 cm³/mol. The second-order valence-corrected chi connectivity index (χ2v) is 3.30. The summed E-state index contributed by atoms with van der Waals surface area (Å²) in [6.07, 6.45) is 4.01. The normalized spacial score (nSPS) is 28.5. The Balaban J connectivity index is 0.000001000. The van der Waals surface area contributed by atoms with Crippen LogP contribution in [0.1, 0.15) is 20.7 Å². The van der Waals surface area contributed by atoms with Crippen molar-refractivity contribution in [3.05, 3.63) is 0 Å². The Morgan fingerprint density at radius 1 is 1.30 bits per heavy atom. The molecule has 1 heterocycles. The van der Waals surface area contributed by atoms with Gasteiger partial charge in [0.05, 0.1) is 0 Å². The minimum Gasteiger partial charge on any atom is -0.317 e. The first kappa shape index (κ1) is 8.02. The molecule has 2 nitrogen and oxygen atoms in total. The summed E-state index contributed by atoms with van der Waals surface area (Å²) in [7, 11) is 4.35. The fourth-order valence-electron chi connectivity index (χ4n) is 1.52. The van der Waals surface area contributed by atoms with Crippen LogP contribution in [0.3, 0.4) is 0 Å². The minimum atomic E-state index is 0. The quantitative estimate of drug-likeness (QED) is 0.589. The van der Waals surface area contributed by atoms with Crippen LogP contribution in [0.5, 0.6) is 0 Å². The molecule has 0 radical (unpaired) electrons. The standard InChI is InChI=1S/C8H18N2.H2/c1-10(2)8-4-3-6-9-7-5-8;/h8-9H,3-7H2,1-2H3;1H. The first-order valence-corrected chi connectivity index (χ1v) is 4.18. The maximum atomic E-state index is 3.41. The molecule has 0 aliphatic carbocycles. The molecule has 1 unspecified atom stereocenters. The Morgan fingerprint density at radius 3 is 2.80 bits per heavy atom. The van der Waals surface area contributed by atoms with E-state index in [0.717, 1.165) is 6.04 Å². The molecule has 0 aromatic carbocycles. The molecule has 0 bridgehead atoms. The number of rotatable bonds is 1. The van der Waals surface area contributed by atoms with Crippen molar-refractivity contribution < 1.29 is 1.43 Å². The van der Waals surface area contributed by atoms with E-state index in [9.17, 15) is 0 Å². The van der Waals surface area contributed by atoms with Crippen molar-refractivity contribution in [3.63, 3.8) is 0 Å². The zero-order valence-corrected chi connectivity index (χ0v) is 7.06. The lowest BCUT2D eigenvalue weighted by Crippen LogP contribution is -2.28. The van der Waals surface area contributed by atoms with Crippen LogP contribution in [0.2, 0.25) is 0 Å². The van der Waals surface area contributed by atoms with E-state index >= 15 is 0 Å². The van der Waals surface area contributed by atoms with Crippen molar-refractivity contribution in [2.75, 3.05) is 27.2 Å². The molecule has 1 fully saturated rings. The Bertz CT molecular complexity index is 88.1. The van der Waals surface area contributed by atoms with E-state index in [1.165, 1.54) is 32.4 Å². The van der Waals surface area contributed by atoms with Gasteiger partial charge < -0.3 is 10.2 Å². The molecule has 0 amide bonds. The van der Waals surface area contributed by atoms with Gasteiger partial charge in [-0.1, -0.05) is 0 Å². The number of hydrogen-bond donors (Lipinski definition) is 1. The van der Waals surface area contributed by atoms with Gasteiger partial charge in [0.2, 0.25) is 0 Å². The van der Waals surface area contributed by atoms with E-state index in [4.69, 9.17) is 0 Å². The molecule has 1 saturated heterocycles. The summed E-state index contributed by atoms with van der Waals surface area (Å²) in [6, 6.07) is 0.815. The Hall–Kier alpha value is -0.0800. The SMILES string of the molecule is CN(C)C1CCCNCC1.[HH]. The van der Waals surface area contributed by atoms with E-state index in [0.29, 0.717) is 0 Å². The van der Waals surface area contributed by atoms with Gasteiger partial charge >= 0.3 is 0 Å². The summed E-state index contributed by atoms with van der Waals surface area (Å²) in [5, 5.41) is 3.41. The second-order valence-electron chi connectivity index (χ2n) is 3.30.